The molecule has 0 fully saturated rings. The third-order valence-electron chi connectivity index (χ3n) is 5.07. The van der Waals surface area contributed by atoms with Gasteiger partial charge in [0.2, 0.25) is 0 Å². The fourth-order valence-electron chi connectivity index (χ4n) is 3.50. The SMILES string of the molecule is CC.Nc1ncccc1-c1nc2ccc(-c3ccc(Cl)cc3)nc2n1-c1ccc(CCl)cc1. The predicted octanol–water partition coefficient (Wildman–Crippen LogP) is 7.15. The fraction of sp³-hybridized carbons (Fsp3) is 0.115. The van der Waals surface area contributed by atoms with Crippen molar-refractivity contribution >= 4 is 40.2 Å². The van der Waals surface area contributed by atoms with Gasteiger partial charge in [0.05, 0.1) is 11.3 Å². The first kappa shape index (κ1) is 22.8. The third kappa shape index (κ3) is 4.56. The molecule has 0 aliphatic carbocycles. The lowest BCUT2D eigenvalue weighted by molar-refractivity contribution is 1.07. The third-order valence-corrected chi connectivity index (χ3v) is 5.63. The normalized spacial score (nSPS) is 10.7. The van der Waals surface area contributed by atoms with Crippen molar-refractivity contribution in [3.8, 4) is 28.3 Å². The summed E-state index contributed by atoms with van der Waals surface area (Å²) in [6.45, 7) is 4.00. The number of anilines is 1. The first-order valence-corrected chi connectivity index (χ1v) is 11.6. The van der Waals surface area contributed by atoms with Crippen LogP contribution in [0.1, 0.15) is 19.4 Å². The van der Waals surface area contributed by atoms with Gasteiger partial charge in [0.15, 0.2) is 11.5 Å². The van der Waals surface area contributed by atoms with Crippen molar-refractivity contribution in [2.24, 2.45) is 0 Å². The van der Waals surface area contributed by atoms with Crippen molar-refractivity contribution in [2.75, 3.05) is 5.73 Å². The Balaban J connectivity index is 0.00000126. The number of fused-ring (bicyclic) bond motifs is 1. The lowest BCUT2D eigenvalue weighted by atomic mass is 10.1. The van der Waals surface area contributed by atoms with E-state index in [1.807, 2.05) is 91.2 Å². The first-order valence-electron chi connectivity index (χ1n) is 10.7. The second-order valence-corrected chi connectivity index (χ2v) is 7.76. The van der Waals surface area contributed by atoms with Gasteiger partial charge in [-0.3, -0.25) is 4.57 Å². The molecule has 2 N–H and O–H groups in total. The second kappa shape index (κ2) is 10.0. The summed E-state index contributed by atoms with van der Waals surface area (Å²) in [4.78, 5) is 14.0. The highest BCUT2D eigenvalue weighted by Gasteiger charge is 2.18. The van der Waals surface area contributed by atoms with Crippen LogP contribution in [0.3, 0.4) is 0 Å². The Bertz CT molecular complexity index is 1380. The maximum Gasteiger partial charge on any atom is 0.165 e. The molecular weight excluding hydrogens is 453 g/mol. The molecule has 5 rings (SSSR count). The molecule has 0 amide bonds. The van der Waals surface area contributed by atoms with Crippen LogP contribution in [0.4, 0.5) is 5.82 Å². The molecule has 7 heteroatoms. The van der Waals surface area contributed by atoms with Crippen LogP contribution >= 0.6 is 23.2 Å². The van der Waals surface area contributed by atoms with Crippen LogP contribution in [0.25, 0.3) is 39.5 Å². The quantitative estimate of drug-likeness (QED) is 0.280. The minimum atomic E-state index is 0.411. The number of nitrogens with zero attached hydrogens (tertiary/aromatic N) is 4. The van der Waals surface area contributed by atoms with Crippen LogP contribution in [0.15, 0.2) is 79.0 Å². The number of imidazole rings is 1. The zero-order chi connectivity index (χ0) is 23.4. The molecule has 0 saturated heterocycles. The summed E-state index contributed by atoms with van der Waals surface area (Å²) in [5, 5.41) is 0.684. The number of alkyl halides is 1. The largest absolute Gasteiger partial charge is 0.383 e. The van der Waals surface area contributed by atoms with Crippen LogP contribution in [-0.4, -0.2) is 19.5 Å². The van der Waals surface area contributed by atoms with E-state index in [2.05, 4.69) is 4.98 Å². The Labute approximate surface area is 202 Å². The number of nitrogens with two attached hydrogens (primary N) is 1. The summed E-state index contributed by atoms with van der Waals surface area (Å²) < 4.78 is 2.00. The standard InChI is InChI=1S/C24H17Cl2N5.C2H6/c25-14-15-3-9-18(10-4-15)31-23(19-2-1-13-28-22(19)27)30-21-12-11-20(29-24(21)31)16-5-7-17(26)8-6-16;1-2/h1-13H,14H2,(H2,27,28);1-2H3. The molecule has 0 saturated carbocycles. The van der Waals surface area contributed by atoms with Gasteiger partial charge in [-0.05, 0) is 54.1 Å². The van der Waals surface area contributed by atoms with Gasteiger partial charge in [0.1, 0.15) is 11.3 Å². The molecule has 0 bridgehead atoms. The van der Waals surface area contributed by atoms with E-state index >= 15 is 0 Å². The van der Waals surface area contributed by atoms with Gasteiger partial charge in [0, 0.05) is 28.4 Å². The Hall–Kier alpha value is -3.41. The number of benzene rings is 2. The summed E-state index contributed by atoms with van der Waals surface area (Å²) in [6, 6.07) is 23.3. The summed E-state index contributed by atoms with van der Waals surface area (Å²) >= 11 is 12.0. The molecule has 5 aromatic rings. The van der Waals surface area contributed by atoms with E-state index in [0.717, 1.165) is 39.2 Å². The summed E-state index contributed by atoms with van der Waals surface area (Å²) in [5.41, 5.74) is 12.2. The Morgan fingerprint density at radius 1 is 0.879 bits per heavy atom. The van der Waals surface area contributed by atoms with E-state index in [1.54, 1.807) is 6.20 Å². The number of aromatic nitrogens is 4. The van der Waals surface area contributed by atoms with E-state index in [4.69, 9.17) is 38.9 Å². The number of hydrogen-bond acceptors (Lipinski definition) is 4. The van der Waals surface area contributed by atoms with Crippen LogP contribution in [0, 0.1) is 0 Å². The number of halogens is 2. The molecule has 0 atom stereocenters. The molecule has 33 heavy (non-hydrogen) atoms. The van der Waals surface area contributed by atoms with Crippen molar-refractivity contribution in [1.29, 1.82) is 0 Å². The van der Waals surface area contributed by atoms with E-state index in [-0.39, 0.29) is 0 Å². The highest BCUT2D eigenvalue weighted by molar-refractivity contribution is 6.30. The van der Waals surface area contributed by atoms with E-state index in [0.29, 0.717) is 22.5 Å². The highest BCUT2D eigenvalue weighted by atomic mass is 35.5. The lowest BCUT2D eigenvalue weighted by Gasteiger charge is -2.11. The topological polar surface area (TPSA) is 69.6 Å². The molecule has 0 aliphatic heterocycles. The van der Waals surface area contributed by atoms with Crippen molar-refractivity contribution in [2.45, 2.75) is 19.7 Å². The molecule has 0 spiro atoms. The maximum atomic E-state index is 6.19. The molecule has 166 valence electrons. The number of pyridine rings is 2. The molecule has 0 radical (unpaired) electrons. The number of rotatable bonds is 4. The molecule has 0 unspecified atom stereocenters. The molecule has 3 aromatic heterocycles. The zero-order valence-electron chi connectivity index (χ0n) is 18.3. The number of nitrogen functional groups attached to an aromatic ring is 1. The Morgan fingerprint density at radius 2 is 1.61 bits per heavy atom. The van der Waals surface area contributed by atoms with E-state index in [1.165, 1.54) is 0 Å². The van der Waals surface area contributed by atoms with E-state index < -0.39 is 0 Å². The highest BCUT2D eigenvalue weighted by Crippen LogP contribution is 2.32. The average molecular weight is 476 g/mol. The zero-order valence-corrected chi connectivity index (χ0v) is 19.8. The minimum Gasteiger partial charge on any atom is -0.383 e. The van der Waals surface area contributed by atoms with Crippen molar-refractivity contribution in [1.82, 2.24) is 19.5 Å². The molecule has 5 nitrogen and oxygen atoms in total. The molecule has 0 aliphatic rings. The smallest absolute Gasteiger partial charge is 0.165 e. The van der Waals surface area contributed by atoms with Gasteiger partial charge >= 0.3 is 0 Å². The van der Waals surface area contributed by atoms with Crippen LogP contribution in [0.2, 0.25) is 5.02 Å². The summed E-state index contributed by atoms with van der Waals surface area (Å²) in [6.07, 6.45) is 1.66. The van der Waals surface area contributed by atoms with Gasteiger partial charge in [-0.2, -0.15) is 0 Å². The van der Waals surface area contributed by atoms with Gasteiger partial charge in [-0.25, -0.2) is 15.0 Å². The van der Waals surface area contributed by atoms with Gasteiger partial charge in [-0.15, -0.1) is 11.6 Å². The average Bonchev–Trinajstić information content (AvgIpc) is 3.24. The van der Waals surface area contributed by atoms with Crippen molar-refractivity contribution in [3.63, 3.8) is 0 Å². The monoisotopic (exact) mass is 475 g/mol. The van der Waals surface area contributed by atoms with Crippen molar-refractivity contribution < 1.29 is 0 Å². The summed E-state index contributed by atoms with van der Waals surface area (Å²) in [7, 11) is 0. The summed E-state index contributed by atoms with van der Waals surface area (Å²) in [5.74, 6) is 1.54. The van der Waals surface area contributed by atoms with Gasteiger partial charge in [0.25, 0.3) is 0 Å². The van der Waals surface area contributed by atoms with Crippen LogP contribution < -0.4 is 5.73 Å². The molecular formula is C26H23Cl2N5. The number of hydrogen-bond donors (Lipinski definition) is 1. The van der Waals surface area contributed by atoms with Gasteiger partial charge in [-0.1, -0.05) is 49.7 Å². The van der Waals surface area contributed by atoms with E-state index in [9.17, 15) is 0 Å². The maximum absolute atomic E-state index is 6.19. The fourth-order valence-corrected chi connectivity index (χ4v) is 3.81. The molecule has 3 heterocycles. The first-order chi connectivity index (χ1) is 16.1. The van der Waals surface area contributed by atoms with Crippen LogP contribution in [0.5, 0.6) is 0 Å². The Kier molecular flexibility index (Phi) is 6.92. The minimum absolute atomic E-state index is 0.411. The van der Waals surface area contributed by atoms with Gasteiger partial charge < -0.3 is 5.73 Å². The molecule has 2 aromatic carbocycles. The second-order valence-electron chi connectivity index (χ2n) is 7.05. The predicted molar refractivity (Wildman–Crippen MR) is 138 cm³/mol. The lowest BCUT2D eigenvalue weighted by Crippen LogP contribution is -2.02. The van der Waals surface area contributed by atoms with Crippen LogP contribution in [-0.2, 0) is 5.88 Å². The Morgan fingerprint density at radius 3 is 2.27 bits per heavy atom. The van der Waals surface area contributed by atoms with Crippen molar-refractivity contribution in [3.05, 3.63) is 89.6 Å².